The van der Waals surface area contributed by atoms with Gasteiger partial charge in [-0.2, -0.15) is 5.10 Å². The summed E-state index contributed by atoms with van der Waals surface area (Å²) in [7, 11) is 0. The molecule has 0 aliphatic carbocycles. The van der Waals surface area contributed by atoms with Crippen LogP contribution in [0.5, 0.6) is 0 Å². The number of nitrogens with zero attached hydrogens (tertiary/aromatic N) is 1. The van der Waals surface area contributed by atoms with Crippen molar-refractivity contribution in [1.82, 2.24) is 10.2 Å². The average molecular weight is 234 g/mol. The van der Waals surface area contributed by atoms with Crippen molar-refractivity contribution in [1.29, 1.82) is 0 Å². The van der Waals surface area contributed by atoms with Gasteiger partial charge in [-0.3, -0.25) is 5.10 Å². The molecule has 17 heavy (non-hydrogen) atoms. The van der Waals surface area contributed by atoms with Gasteiger partial charge in [0.05, 0.1) is 11.2 Å². The van der Waals surface area contributed by atoms with Crippen LogP contribution in [0.25, 0.3) is 10.9 Å². The van der Waals surface area contributed by atoms with Crippen molar-refractivity contribution < 1.29 is 4.39 Å². The lowest BCUT2D eigenvalue weighted by Crippen LogP contribution is -2.05. The minimum atomic E-state index is -0.220. The molecule has 2 nitrogen and oxygen atoms in total. The van der Waals surface area contributed by atoms with Gasteiger partial charge in [0.1, 0.15) is 5.82 Å². The predicted molar refractivity (Wildman–Crippen MR) is 68.4 cm³/mol. The summed E-state index contributed by atoms with van der Waals surface area (Å²) in [5.74, 6) is -0.220. The van der Waals surface area contributed by atoms with E-state index in [9.17, 15) is 4.39 Å². The summed E-state index contributed by atoms with van der Waals surface area (Å²) >= 11 is 0. The first-order valence-electron chi connectivity index (χ1n) is 6.08. The molecule has 0 atom stereocenters. The topological polar surface area (TPSA) is 28.7 Å². The lowest BCUT2D eigenvalue weighted by Gasteiger charge is -2.17. The molecule has 0 spiro atoms. The molecule has 0 saturated heterocycles. The lowest BCUT2D eigenvalue weighted by molar-refractivity contribution is 0.365. The first-order valence-corrected chi connectivity index (χ1v) is 6.08. The van der Waals surface area contributed by atoms with Gasteiger partial charge in [-0.25, -0.2) is 4.39 Å². The van der Waals surface area contributed by atoms with Crippen LogP contribution in [-0.4, -0.2) is 10.2 Å². The van der Waals surface area contributed by atoms with E-state index in [1.165, 1.54) is 18.6 Å². The van der Waals surface area contributed by atoms with Gasteiger partial charge in [0.15, 0.2) is 0 Å². The number of halogens is 1. The van der Waals surface area contributed by atoms with E-state index in [1.807, 2.05) is 0 Å². The maximum atomic E-state index is 13.0. The zero-order valence-electron chi connectivity index (χ0n) is 10.7. The maximum absolute atomic E-state index is 13.0. The summed E-state index contributed by atoms with van der Waals surface area (Å²) in [6, 6.07) is 4.79. The molecule has 0 aliphatic heterocycles. The van der Waals surface area contributed by atoms with Crippen molar-refractivity contribution in [3.8, 4) is 0 Å². The Labute approximate surface area is 101 Å². The number of fused-ring (bicyclic) bond motifs is 1. The van der Waals surface area contributed by atoms with Crippen LogP contribution in [0.15, 0.2) is 18.2 Å². The van der Waals surface area contributed by atoms with Crippen LogP contribution in [0.4, 0.5) is 4.39 Å². The van der Waals surface area contributed by atoms with E-state index in [0.717, 1.165) is 29.4 Å². The Morgan fingerprint density at radius 3 is 2.76 bits per heavy atom. The van der Waals surface area contributed by atoms with Crippen molar-refractivity contribution in [2.75, 3.05) is 0 Å². The van der Waals surface area contributed by atoms with Gasteiger partial charge in [0.2, 0.25) is 0 Å². The molecule has 0 radical (unpaired) electrons. The molecule has 3 heteroatoms. The molecule has 0 saturated carbocycles. The van der Waals surface area contributed by atoms with E-state index in [2.05, 4.69) is 31.0 Å². The fourth-order valence-corrected chi connectivity index (χ4v) is 2.03. The number of H-pyrrole nitrogens is 1. The lowest BCUT2D eigenvalue weighted by atomic mass is 9.89. The highest BCUT2D eigenvalue weighted by Crippen LogP contribution is 2.24. The second-order valence-corrected chi connectivity index (χ2v) is 5.77. The summed E-state index contributed by atoms with van der Waals surface area (Å²) in [5, 5.41) is 8.19. The molecular weight excluding hydrogens is 215 g/mol. The fourth-order valence-electron chi connectivity index (χ4n) is 2.03. The number of hydrogen-bond acceptors (Lipinski definition) is 1. The monoisotopic (exact) mass is 234 g/mol. The third kappa shape index (κ3) is 3.05. The van der Waals surface area contributed by atoms with Crippen molar-refractivity contribution in [3.05, 3.63) is 29.7 Å². The quantitative estimate of drug-likeness (QED) is 0.852. The molecule has 1 aromatic carbocycles. The van der Waals surface area contributed by atoms with Crippen LogP contribution in [0, 0.1) is 11.2 Å². The van der Waals surface area contributed by atoms with Crippen LogP contribution >= 0.6 is 0 Å². The predicted octanol–water partition coefficient (Wildman–Crippen LogP) is 4.07. The second-order valence-electron chi connectivity index (χ2n) is 5.77. The van der Waals surface area contributed by atoms with E-state index in [0.29, 0.717) is 5.41 Å². The number of hydrogen-bond donors (Lipinski definition) is 1. The van der Waals surface area contributed by atoms with Gasteiger partial charge in [-0.05, 0) is 42.9 Å². The number of aromatic nitrogens is 2. The van der Waals surface area contributed by atoms with E-state index >= 15 is 0 Å². The molecule has 1 heterocycles. The molecule has 0 bridgehead atoms. The Balaban J connectivity index is 2.09. The highest BCUT2D eigenvalue weighted by molar-refractivity contribution is 5.81. The number of rotatable bonds is 3. The smallest absolute Gasteiger partial charge is 0.125 e. The van der Waals surface area contributed by atoms with Crippen LogP contribution in [0.1, 0.15) is 39.3 Å². The molecule has 92 valence electrons. The Hall–Kier alpha value is -1.38. The summed E-state index contributed by atoms with van der Waals surface area (Å²) < 4.78 is 13.0. The van der Waals surface area contributed by atoms with Gasteiger partial charge < -0.3 is 0 Å². The Kier molecular flexibility index (Phi) is 3.18. The summed E-state index contributed by atoms with van der Waals surface area (Å²) in [4.78, 5) is 0. The average Bonchev–Trinajstić information content (AvgIpc) is 2.59. The maximum Gasteiger partial charge on any atom is 0.125 e. The number of aromatic amines is 1. The van der Waals surface area contributed by atoms with Gasteiger partial charge in [0.25, 0.3) is 0 Å². The number of benzene rings is 1. The molecule has 2 rings (SSSR count). The van der Waals surface area contributed by atoms with E-state index in [4.69, 9.17) is 0 Å². The van der Waals surface area contributed by atoms with Gasteiger partial charge in [0, 0.05) is 5.39 Å². The first kappa shape index (κ1) is 12.1. The van der Waals surface area contributed by atoms with Gasteiger partial charge in [-0.15, -0.1) is 0 Å². The second kappa shape index (κ2) is 4.47. The minimum absolute atomic E-state index is 0.220. The number of nitrogens with one attached hydrogen (secondary N) is 1. The molecular formula is C14H19FN2. The fraction of sp³-hybridized carbons (Fsp3) is 0.500. The summed E-state index contributed by atoms with van der Waals surface area (Å²) in [6.07, 6.45) is 3.23. The van der Waals surface area contributed by atoms with E-state index < -0.39 is 0 Å². The summed E-state index contributed by atoms with van der Waals surface area (Å²) in [6.45, 7) is 6.72. The Bertz CT molecular complexity index is 508. The SMILES string of the molecule is CC(C)(C)CCCc1n[nH]c2cc(F)ccc12. The first-order chi connectivity index (χ1) is 7.96. The molecule has 0 amide bonds. The molecule has 0 fully saturated rings. The van der Waals surface area contributed by atoms with E-state index in [-0.39, 0.29) is 5.82 Å². The highest BCUT2D eigenvalue weighted by atomic mass is 19.1. The van der Waals surface area contributed by atoms with Crippen LogP contribution in [0.2, 0.25) is 0 Å². The molecule has 1 aromatic heterocycles. The summed E-state index contributed by atoms with van der Waals surface area (Å²) in [5.41, 5.74) is 2.19. The van der Waals surface area contributed by atoms with Crippen molar-refractivity contribution in [3.63, 3.8) is 0 Å². The van der Waals surface area contributed by atoms with Crippen molar-refractivity contribution in [2.24, 2.45) is 5.41 Å². The van der Waals surface area contributed by atoms with Crippen LogP contribution < -0.4 is 0 Å². The standard InChI is InChI=1S/C14H19FN2/c1-14(2,3)8-4-5-12-11-7-6-10(15)9-13(11)17-16-12/h6-7,9H,4-5,8H2,1-3H3,(H,16,17). The molecule has 0 unspecified atom stereocenters. The minimum Gasteiger partial charge on any atom is -0.277 e. The van der Waals surface area contributed by atoms with Crippen LogP contribution in [-0.2, 0) is 6.42 Å². The van der Waals surface area contributed by atoms with E-state index in [1.54, 1.807) is 6.07 Å². The molecule has 0 aliphatic rings. The van der Waals surface area contributed by atoms with Gasteiger partial charge in [-0.1, -0.05) is 20.8 Å². The zero-order chi connectivity index (χ0) is 12.5. The Morgan fingerprint density at radius 2 is 2.06 bits per heavy atom. The number of aryl methyl sites for hydroxylation is 1. The largest absolute Gasteiger partial charge is 0.277 e. The third-order valence-electron chi connectivity index (χ3n) is 2.94. The Morgan fingerprint density at radius 1 is 1.29 bits per heavy atom. The third-order valence-corrected chi connectivity index (χ3v) is 2.94. The normalized spacial score (nSPS) is 12.2. The van der Waals surface area contributed by atoms with Crippen molar-refractivity contribution in [2.45, 2.75) is 40.0 Å². The highest BCUT2D eigenvalue weighted by Gasteiger charge is 2.11. The van der Waals surface area contributed by atoms with Crippen molar-refractivity contribution >= 4 is 10.9 Å². The zero-order valence-corrected chi connectivity index (χ0v) is 10.7. The van der Waals surface area contributed by atoms with Crippen LogP contribution in [0.3, 0.4) is 0 Å². The molecule has 1 N–H and O–H groups in total. The molecule has 2 aromatic rings. The van der Waals surface area contributed by atoms with Gasteiger partial charge >= 0.3 is 0 Å².